The quantitative estimate of drug-likeness (QED) is 0.272. The third kappa shape index (κ3) is 7.11. The van der Waals surface area contributed by atoms with E-state index in [9.17, 15) is 18.0 Å². The van der Waals surface area contributed by atoms with Gasteiger partial charge in [0.2, 0.25) is 11.8 Å². The Balaban J connectivity index is 1.63. The topological polar surface area (TPSA) is 108 Å². The van der Waals surface area contributed by atoms with Gasteiger partial charge in [0.15, 0.2) is 0 Å². The molecular formula is C21H18Cl2F3N5O3. The Hall–Kier alpha value is -3.28. The molecular weight excluding hydrogens is 498 g/mol. The number of nitrogens with one attached hydrogen (secondary N) is 3. The van der Waals surface area contributed by atoms with Crippen LogP contribution in [0.25, 0.3) is 0 Å². The number of alkyl halides is 3. The Morgan fingerprint density at radius 2 is 1.74 bits per heavy atom. The van der Waals surface area contributed by atoms with Crippen molar-refractivity contribution < 1.29 is 27.8 Å². The van der Waals surface area contributed by atoms with Crippen molar-refractivity contribution >= 4 is 46.6 Å². The smallest absolute Gasteiger partial charge is 0.417 e. The largest absolute Gasteiger partial charge is 0.437 e. The third-order valence-electron chi connectivity index (χ3n) is 4.18. The van der Waals surface area contributed by atoms with Crippen molar-refractivity contribution in [2.24, 2.45) is 0 Å². The number of aliphatic hydroxyl groups excluding tert-OH is 1. The molecule has 3 rings (SSSR count). The maximum absolute atomic E-state index is 13.0. The van der Waals surface area contributed by atoms with Crippen LogP contribution in [-0.2, 0) is 6.18 Å². The zero-order valence-electron chi connectivity index (χ0n) is 17.3. The second-order valence-electron chi connectivity index (χ2n) is 6.74. The van der Waals surface area contributed by atoms with Crippen LogP contribution in [0.5, 0.6) is 11.6 Å². The molecule has 4 N–H and O–H groups in total. The van der Waals surface area contributed by atoms with Crippen molar-refractivity contribution in [3.05, 3.63) is 64.3 Å². The SMILES string of the molecule is O=C(Nc1ccc(Oc2ccnc(NCCCO)n2)c(Cl)c1)Nc1ccc(Cl)c(C(F)(F)F)c1. The molecule has 8 nitrogen and oxygen atoms in total. The first-order valence-electron chi connectivity index (χ1n) is 9.75. The van der Waals surface area contributed by atoms with Crippen molar-refractivity contribution in [2.75, 3.05) is 29.1 Å². The Bertz CT molecular complexity index is 1160. The lowest BCUT2D eigenvalue weighted by molar-refractivity contribution is -0.137. The zero-order chi connectivity index (χ0) is 24.7. The van der Waals surface area contributed by atoms with Crippen LogP contribution in [0, 0.1) is 0 Å². The van der Waals surface area contributed by atoms with Crippen molar-refractivity contribution in [3.8, 4) is 11.6 Å². The van der Waals surface area contributed by atoms with Crippen LogP contribution >= 0.6 is 23.2 Å². The first-order valence-corrected chi connectivity index (χ1v) is 10.5. The lowest BCUT2D eigenvalue weighted by atomic mass is 10.2. The van der Waals surface area contributed by atoms with Crippen LogP contribution in [-0.4, -0.2) is 34.3 Å². The van der Waals surface area contributed by atoms with Crippen molar-refractivity contribution in [3.63, 3.8) is 0 Å². The average molecular weight is 516 g/mol. The number of benzene rings is 2. The van der Waals surface area contributed by atoms with Gasteiger partial charge in [-0.15, -0.1) is 0 Å². The first-order chi connectivity index (χ1) is 16.2. The summed E-state index contributed by atoms with van der Waals surface area (Å²) in [5.41, 5.74) is -0.880. The normalized spacial score (nSPS) is 11.1. The minimum atomic E-state index is -4.66. The number of carbonyl (C=O) groups is 1. The van der Waals surface area contributed by atoms with Crippen LogP contribution in [0.2, 0.25) is 10.0 Å². The van der Waals surface area contributed by atoms with E-state index >= 15 is 0 Å². The summed E-state index contributed by atoms with van der Waals surface area (Å²) in [6.45, 7) is 0.516. The summed E-state index contributed by atoms with van der Waals surface area (Å²) in [6.07, 6.45) is -2.64. The van der Waals surface area contributed by atoms with Crippen LogP contribution < -0.4 is 20.7 Å². The molecule has 0 saturated carbocycles. The molecule has 34 heavy (non-hydrogen) atoms. The third-order valence-corrected chi connectivity index (χ3v) is 4.81. The van der Waals surface area contributed by atoms with Crippen LogP contribution in [0.4, 0.5) is 35.3 Å². The summed E-state index contributed by atoms with van der Waals surface area (Å²) >= 11 is 11.8. The van der Waals surface area contributed by atoms with E-state index in [1.807, 2.05) is 0 Å². The number of aromatic nitrogens is 2. The summed E-state index contributed by atoms with van der Waals surface area (Å²) in [4.78, 5) is 20.4. The number of rotatable bonds is 8. The number of anilines is 3. The molecule has 0 aliphatic rings. The average Bonchev–Trinajstić information content (AvgIpc) is 2.77. The van der Waals surface area contributed by atoms with Gasteiger partial charge in [-0.3, -0.25) is 0 Å². The first kappa shape index (κ1) is 25.3. The molecule has 0 unspecified atom stereocenters. The van der Waals surface area contributed by atoms with E-state index in [-0.39, 0.29) is 34.6 Å². The molecule has 0 spiro atoms. The van der Waals surface area contributed by atoms with Gasteiger partial charge in [0.1, 0.15) is 5.75 Å². The summed E-state index contributed by atoms with van der Waals surface area (Å²) in [6, 6.07) is 8.15. The monoisotopic (exact) mass is 515 g/mol. The van der Waals surface area contributed by atoms with Crippen molar-refractivity contribution in [1.29, 1.82) is 0 Å². The van der Waals surface area contributed by atoms with Gasteiger partial charge in [-0.2, -0.15) is 18.2 Å². The van der Waals surface area contributed by atoms with Gasteiger partial charge in [-0.25, -0.2) is 9.78 Å². The van der Waals surface area contributed by atoms with Crippen molar-refractivity contribution in [1.82, 2.24) is 9.97 Å². The Labute approximate surface area is 202 Å². The lowest BCUT2D eigenvalue weighted by Gasteiger charge is -2.13. The molecule has 0 radical (unpaired) electrons. The molecule has 180 valence electrons. The Morgan fingerprint density at radius 3 is 2.41 bits per heavy atom. The standard InChI is InChI=1S/C21H18Cl2F3N5O3/c22-15-4-2-12(10-14(15)21(24,25)26)29-20(33)30-13-3-5-17(16(23)11-13)34-18-6-8-28-19(31-18)27-7-1-9-32/h2-6,8,10-11,32H,1,7,9H2,(H,27,28,31)(H2,29,30,33). The molecule has 0 fully saturated rings. The molecule has 0 atom stereocenters. The summed E-state index contributed by atoms with van der Waals surface area (Å²) < 4.78 is 44.6. The van der Waals surface area contributed by atoms with Gasteiger partial charge in [0, 0.05) is 36.8 Å². The number of urea groups is 1. The second-order valence-corrected chi connectivity index (χ2v) is 7.56. The minimum Gasteiger partial charge on any atom is -0.437 e. The maximum Gasteiger partial charge on any atom is 0.417 e. The van der Waals surface area contributed by atoms with Gasteiger partial charge in [0.25, 0.3) is 0 Å². The van der Waals surface area contributed by atoms with E-state index in [0.29, 0.717) is 18.9 Å². The molecule has 0 bridgehead atoms. The Morgan fingerprint density at radius 1 is 1.03 bits per heavy atom. The van der Waals surface area contributed by atoms with Crippen LogP contribution in [0.15, 0.2) is 48.7 Å². The predicted octanol–water partition coefficient (Wildman–Crippen LogP) is 6.03. The van der Waals surface area contributed by atoms with Crippen LogP contribution in [0.1, 0.15) is 12.0 Å². The van der Waals surface area contributed by atoms with E-state index in [0.717, 1.165) is 12.1 Å². The van der Waals surface area contributed by atoms with Gasteiger partial charge in [-0.05, 0) is 42.8 Å². The van der Waals surface area contributed by atoms with E-state index in [4.69, 9.17) is 33.0 Å². The molecule has 13 heteroatoms. The maximum atomic E-state index is 13.0. The molecule has 2 aromatic carbocycles. The molecule has 0 aliphatic heterocycles. The molecule has 0 saturated heterocycles. The van der Waals surface area contributed by atoms with Gasteiger partial charge < -0.3 is 25.8 Å². The number of carbonyl (C=O) groups excluding carboxylic acids is 1. The van der Waals surface area contributed by atoms with Gasteiger partial charge in [-0.1, -0.05) is 23.2 Å². The number of amides is 2. The highest BCUT2D eigenvalue weighted by atomic mass is 35.5. The van der Waals surface area contributed by atoms with E-state index in [1.54, 1.807) is 0 Å². The molecule has 1 heterocycles. The highest BCUT2D eigenvalue weighted by Crippen LogP contribution is 2.36. The fraction of sp³-hybridized carbons (Fsp3) is 0.190. The molecule has 0 aliphatic carbocycles. The number of aliphatic hydroxyl groups is 1. The molecule has 2 amide bonds. The van der Waals surface area contributed by atoms with Crippen LogP contribution in [0.3, 0.4) is 0 Å². The zero-order valence-corrected chi connectivity index (χ0v) is 18.8. The lowest BCUT2D eigenvalue weighted by Crippen LogP contribution is -2.20. The summed E-state index contributed by atoms with van der Waals surface area (Å²) in [7, 11) is 0. The fourth-order valence-corrected chi connectivity index (χ4v) is 3.09. The number of nitrogens with zero attached hydrogens (tertiary/aromatic N) is 2. The molecule has 1 aromatic heterocycles. The number of hydrogen-bond acceptors (Lipinski definition) is 6. The number of halogens is 5. The predicted molar refractivity (Wildman–Crippen MR) is 123 cm³/mol. The van der Waals surface area contributed by atoms with E-state index in [1.165, 1.54) is 36.5 Å². The van der Waals surface area contributed by atoms with E-state index in [2.05, 4.69) is 25.9 Å². The Kier molecular flexibility index (Phi) is 8.37. The highest BCUT2D eigenvalue weighted by Gasteiger charge is 2.33. The van der Waals surface area contributed by atoms with Gasteiger partial charge in [0.05, 0.1) is 15.6 Å². The number of hydrogen-bond donors (Lipinski definition) is 4. The highest BCUT2D eigenvalue weighted by molar-refractivity contribution is 6.32. The summed E-state index contributed by atoms with van der Waals surface area (Å²) in [5, 5.41) is 16.2. The van der Waals surface area contributed by atoms with Gasteiger partial charge >= 0.3 is 12.2 Å². The fourth-order valence-electron chi connectivity index (χ4n) is 2.65. The van der Waals surface area contributed by atoms with E-state index < -0.39 is 22.8 Å². The molecule has 3 aromatic rings. The van der Waals surface area contributed by atoms with Crippen molar-refractivity contribution in [2.45, 2.75) is 12.6 Å². The summed E-state index contributed by atoms with van der Waals surface area (Å²) in [5.74, 6) is 0.776. The second kappa shape index (κ2) is 11.2. The minimum absolute atomic E-state index is 0.0332. The number of ether oxygens (including phenoxy) is 1.